The van der Waals surface area contributed by atoms with Crippen molar-refractivity contribution in [3.05, 3.63) is 0 Å². The molecule has 1 unspecified atom stereocenters. The van der Waals surface area contributed by atoms with Gasteiger partial charge in [0.2, 0.25) is 5.91 Å². The molecular weight excluding hydrogens is 276 g/mol. The number of aliphatic imine (C=N–C) groups is 1. The summed E-state index contributed by atoms with van der Waals surface area (Å²) in [5.74, 6) is 2.98. The van der Waals surface area contributed by atoms with Crippen LogP contribution < -0.4 is 16.0 Å². The van der Waals surface area contributed by atoms with E-state index >= 15 is 0 Å². The van der Waals surface area contributed by atoms with E-state index in [1.54, 1.807) is 7.11 Å². The van der Waals surface area contributed by atoms with Crippen molar-refractivity contribution in [2.45, 2.75) is 25.8 Å². The Labute approximate surface area is 125 Å². The third kappa shape index (κ3) is 7.59. The summed E-state index contributed by atoms with van der Waals surface area (Å²) >= 11 is 1.96. The van der Waals surface area contributed by atoms with Gasteiger partial charge >= 0.3 is 0 Å². The maximum Gasteiger partial charge on any atom is 0.241 e. The van der Waals surface area contributed by atoms with Gasteiger partial charge in [-0.25, -0.2) is 4.99 Å². The molecule has 7 heteroatoms. The van der Waals surface area contributed by atoms with E-state index in [1.807, 2.05) is 18.7 Å². The topological polar surface area (TPSA) is 74.8 Å². The summed E-state index contributed by atoms with van der Waals surface area (Å²) in [6, 6.07) is 0.447. The fraction of sp³-hybridized carbons (Fsp3) is 0.846. The quantitative estimate of drug-likeness (QED) is 0.356. The largest absolute Gasteiger partial charge is 0.383 e. The van der Waals surface area contributed by atoms with Gasteiger partial charge in [0.05, 0.1) is 6.61 Å². The normalized spacial score (nSPS) is 19.5. The summed E-state index contributed by atoms with van der Waals surface area (Å²) in [7, 11) is 1.61. The van der Waals surface area contributed by atoms with E-state index in [0.29, 0.717) is 19.2 Å². The van der Waals surface area contributed by atoms with E-state index in [9.17, 15) is 4.79 Å². The van der Waals surface area contributed by atoms with Crippen LogP contribution in [-0.4, -0.2) is 62.8 Å². The van der Waals surface area contributed by atoms with Gasteiger partial charge in [-0.3, -0.25) is 4.79 Å². The molecule has 0 spiro atoms. The van der Waals surface area contributed by atoms with E-state index in [-0.39, 0.29) is 12.5 Å². The first-order valence-electron chi connectivity index (χ1n) is 7.14. The van der Waals surface area contributed by atoms with Gasteiger partial charge in [0.1, 0.15) is 6.54 Å². The lowest BCUT2D eigenvalue weighted by Gasteiger charge is -2.24. The molecule has 0 radical (unpaired) electrons. The number of guanidine groups is 1. The molecule has 1 atom stereocenters. The van der Waals surface area contributed by atoms with Gasteiger partial charge < -0.3 is 20.7 Å². The molecule has 1 saturated heterocycles. The standard InChI is InChI=1S/C13H26N4O2S/c1-3-14-13(17-11-5-4-8-20-10-11)16-9-12(18)15-6-7-19-2/h11H,3-10H2,1-2H3,(H,15,18)(H2,14,16,17). The van der Waals surface area contributed by atoms with Gasteiger partial charge in [-0.05, 0) is 25.5 Å². The molecule has 0 aliphatic carbocycles. The van der Waals surface area contributed by atoms with Gasteiger partial charge in [0.15, 0.2) is 5.96 Å². The van der Waals surface area contributed by atoms with Crippen molar-refractivity contribution in [2.24, 2.45) is 4.99 Å². The van der Waals surface area contributed by atoms with E-state index < -0.39 is 0 Å². The molecule has 0 aromatic heterocycles. The minimum Gasteiger partial charge on any atom is -0.383 e. The Morgan fingerprint density at radius 3 is 2.95 bits per heavy atom. The zero-order valence-corrected chi connectivity index (χ0v) is 13.2. The third-order valence-electron chi connectivity index (χ3n) is 2.85. The molecule has 1 fully saturated rings. The van der Waals surface area contributed by atoms with Crippen LogP contribution in [0.1, 0.15) is 19.8 Å². The molecule has 0 bridgehead atoms. The highest BCUT2D eigenvalue weighted by Crippen LogP contribution is 2.16. The average molecular weight is 302 g/mol. The van der Waals surface area contributed by atoms with Crippen LogP contribution in [-0.2, 0) is 9.53 Å². The van der Waals surface area contributed by atoms with Crippen molar-refractivity contribution in [2.75, 3.05) is 44.9 Å². The lowest BCUT2D eigenvalue weighted by molar-refractivity contribution is -0.119. The summed E-state index contributed by atoms with van der Waals surface area (Å²) in [6.45, 7) is 3.99. The van der Waals surface area contributed by atoms with Crippen LogP contribution in [0.25, 0.3) is 0 Å². The fourth-order valence-electron chi connectivity index (χ4n) is 1.87. The first-order chi connectivity index (χ1) is 9.76. The van der Waals surface area contributed by atoms with Crippen molar-refractivity contribution in [1.82, 2.24) is 16.0 Å². The molecule has 116 valence electrons. The van der Waals surface area contributed by atoms with Gasteiger partial charge in [-0.15, -0.1) is 0 Å². The van der Waals surface area contributed by atoms with Crippen LogP contribution in [0, 0.1) is 0 Å². The van der Waals surface area contributed by atoms with E-state index in [0.717, 1.165) is 24.7 Å². The number of methoxy groups -OCH3 is 1. The first-order valence-corrected chi connectivity index (χ1v) is 8.30. The summed E-state index contributed by atoms with van der Waals surface area (Å²) in [4.78, 5) is 15.9. The molecule has 3 N–H and O–H groups in total. The molecule has 0 aromatic carbocycles. The molecule has 0 saturated carbocycles. The summed E-state index contributed by atoms with van der Waals surface area (Å²) in [5.41, 5.74) is 0. The lowest BCUT2D eigenvalue weighted by atomic mass is 10.2. The summed E-state index contributed by atoms with van der Waals surface area (Å²) in [6.07, 6.45) is 2.40. The van der Waals surface area contributed by atoms with Gasteiger partial charge in [-0.2, -0.15) is 11.8 Å². The minimum atomic E-state index is -0.0859. The third-order valence-corrected chi connectivity index (χ3v) is 4.07. The van der Waals surface area contributed by atoms with Crippen LogP contribution in [0.4, 0.5) is 0 Å². The Bertz CT molecular complexity index is 307. The predicted octanol–water partition coefficient (Wildman–Crippen LogP) is 0.200. The number of hydrogen-bond acceptors (Lipinski definition) is 4. The highest BCUT2D eigenvalue weighted by atomic mass is 32.2. The zero-order chi connectivity index (χ0) is 14.6. The van der Waals surface area contributed by atoms with Crippen molar-refractivity contribution >= 4 is 23.6 Å². The van der Waals surface area contributed by atoms with E-state index in [2.05, 4.69) is 20.9 Å². The number of ether oxygens (including phenoxy) is 1. The highest BCUT2D eigenvalue weighted by Gasteiger charge is 2.14. The monoisotopic (exact) mass is 302 g/mol. The summed E-state index contributed by atoms with van der Waals surface area (Å²) in [5, 5.41) is 9.32. The zero-order valence-electron chi connectivity index (χ0n) is 12.4. The molecule has 0 aromatic rings. The van der Waals surface area contributed by atoms with Crippen molar-refractivity contribution in [3.63, 3.8) is 0 Å². The molecule has 6 nitrogen and oxygen atoms in total. The second kappa shape index (κ2) is 10.8. The highest BCUT2D eigenvalue weighted by molar-refractivity contribution is 7.99. The molecule has 1 aliphatic heterocycles. The Balaban J connectivity index is 2.34. The van der Waals surface area contributed by atoms with Crippen LogP contribution in [0.2, 0.25) is 0 Å². The maximum absolute atomic E-state index is 11.6. The average Bonchev–Trinajstić information content (AvgIpc) is 2.46. The van der Waals surface area contributed by atoms with E-state index in [1.165, 1.54) is 12.2 Å². The lowest BCUT2D eigenvalue weighted by Crippen LogP contribution is -2.46. The second-order valence-corrected chi connectivity index (χ2v) is 5.75. The number of hydrogen-bond donors (Lipinski definition) is 3. The van der Waals surface area contributed by atoms with Crippen molar-refractivity contribution in [3.8, 4) is 0 Å². The Morgan fingerprint density at radius 1 is 1.45 bits per heavy atom. The molecule has 1 aliphatic rings. The number of nitrogens with zero attached hydrogens (tertiary/aromatic N) is 1. The Morgan fingerprint density at radius 2 is 2.30 bits per heavy atom. The number of carbonyl (C=O) groups is 1. The van der Waals surface area contributed by atoms with Gasteiger partial charge in [-0.1, -0.05) is 0 Å². The fourth-order valence-corrected chi connectivity index (χ4v) is 2.94. The SMILES string of the molecule is CCNC(=NCC(=O)NCCOC)NC1CCCSC1. The molecule has 1 rings (SSSR count). The summed E-state index contributed by atoms with van der Waals surface area (Å²) < 4.78 is 4.88. The van der Waals surface area contributed by atoms with Crippen molar-refractivity contribution < 1.29 is 9.53 Å². The van der Waals surface area contributed by atoms with Crippen molar-refractivity contribution in [1.29, 1.82) is 0 Å². The molecule has 20 heavy (non-hydrogen) atoms. The Hall–Kier alpha value is -0.950. The Kier molecular flexibility index (Phi) is 9.23. The van der Waals surface area contributed by atoms with Crippen LogP contribution in [0.5, 0.6) is 0 Å². The minimum absolute atomic E-state index is 0.0859. The smallest absolute Gasteiger partial charge is 0.241 e. The van der Waals surface area contributed by atoms with Crippen LogP contribution in [0.15, 0.2) is 4.99 Å². The molecule has 1 heterocycles. The molecule has 1 amide bonds. The van der Waals surface area contributed by atoms with Gasteiger partial charge in [0.25, 0.3) is 0 Å². The number of nitrogens with one attached hydrogen (secondary N) is 3. The number of amides is 1. The number of rotatable bonds is 7. The molecular formula is C13H26N4O2S. The number of carbonyl (C=O) groups excluding carboxylic acids is 1. The van der Waals surface area contributed by atoms with E-state index in [4.69, 9.17) is 4.74 Å². The van der Waals surface area contributed by atoms with Gasteiger partial charge in [0, 0.05) is 32.0 Å². The second-order valence-electron chi connectivity index (χ2n) is 4.60. The van der Waals surface area contributed by atoms with Crippen LogP contribution >= 0.6 is 11.8 Å². The predicted molar refractivity (Wildman–Crippen MR) is 84.3 cm³/mol. The van der Waals surface area contributed by atoms with Crippen LogP contribution in [0.3, 0.4) is 0 Å². The number of thioether (sulfide) groups is 1. The first kappa shape index (κ1) is 17.1. The maximum atomic E-state index is 11.6.